The Morgan fingerprint density at radius 1 is 1.65 bits per heavy atom. The molecule has 1 aromatic rings. The summed E-state index contributed by atoms with van der Waals surface area (Å²) < 4.78 is 5.28. The highest BCUT2D eigenvalue weighted by molar-refractivity contribution is 7.13. The van der Waals surface area contributed by atoms with Gasteiger partial charge in [0.15, 0.2) is 5.13 Å². The van der Waals surface area contributed by atoms with E-state index in [2.05, 4.69) is 10.3 Å². The summed E-state index contributed by atoms with van der Waals surface area (Å²) in [5.74, 6) is -0.0300. The molecule has 17 heavy (non-hydrogen) atoms. The number of nitrogens with zero attached hydrogens (tertiary/aromatic N) is 1. The van der Waals surface area contributed by atoms with E-state index in [1.807, 2.05) is 12.3 Å². The number of aryl methyl sites for hydroxylation is 1. The van der Waals surface area contributed by atoms with Gasteiger partial charge in [0.2, 0.25) is 5.91 Å². The van der Waals surface area contributed by atoms with E-state index in [0.717, 1.165) is 5.69 Å². The summed E-state index contributed by atoms with van der Waals surface area (Å²) in [6.07, 6.45) is 1.36. The highest BCUT2D eigenvalue weighted by Crippen LogP contribution is 2.31. The highest BCUT2D eigenvalue weighted by atomic mass is 32.1. The third-order valence-corrected chi connectivity index (χ3v) is 4.04. The second-order valence-corrected chi connectivity index (χ2v) is 5.20. The van der Waals surface area contributed by atoms with Crippen molar-refractivity contribution in [3.63, 3.8) is 0 Å². The first-order valence-corrected chi connectivity index (χ1v) is 6.56. The number of hydrogen-bond donors (Lipinski definition) is 2. The molecule has 94 valence electrons. The third kappa shape index (κ3) is 2.65. The van der Waals surface area contributed by atoms with Crippen LogP contribution in [0.2, 0.25) is 0 Å². The lowest BCUT2D eigenvalue weighted by Gasteiger charge is -2.34. The Kier molecular flexibility index (Phi) is 3.76. The number of nitrogens with one attached hydrogen (secondary N) is 1. The average molecular weight is 255 g/mol. The van der Waals surface area contributed by atoms with Crippen molar-refractivity contribution in [1.29, 1.82) is 0 Å². The van der Waals surface area contributed by atoms with Crippen molar-refractivity contribution >= 4 is 22.4 Å². The molecule has 0 unspecified atom stereocenters. The molecule has 5 nitrogen and oxygen atoms in total. The van der Waals surface area contributed by atoms with E-state index < -0.39 is 5.41 Å². The summed E-state index contributed by atoms with van der Waals surface area (Å²) in [5, 5.41) is 5.41. The molecule has 1 saturated heterocycles. The first kappa shape index (κ1) is 12.5. The lowest BCUT2D eigenvalue weighted by Crippen LogP contribution is -2.46. The summed E-state index contributed by atoms with van der Waals surface area (Å²) in [6.45, 7) is 3.45. The van der Waals surface area contributed by atoms with E-state index in [1.54, 1.807) is 0 Å². The fourth-order valence-corrected chi connectivity index (χ4v) is 2.61. The molecule has 0 saturated carbocycles. The predicted octanol–water partition coefficient (Wildman–Crippen LogP) is 1.15. The van der Waals surface area contributed by atoms with Gasteiger partial charge in [-0.25, -0.2) is 4.98 Å². The zero-order valence-corrected chi connectivity index (χ0v) is 10.7. The number of thiazole rings is 1. The Morgan fingerprint density at radius 2 is 2.35 bits per heavy atom. The first-order valence-electron chi connectivity index (χ1n) is 5.68. The fourth-order valence-electron chi connectivity index (χ4n) is 1.93. The standard InChI is InChI=1S/C11H17N3O2S/c1-8-6-17-10(13-8)14-9(15)11(7-12)2-4-16-5-3-11/h6H,2-5,7,12H2,1H3,(H,13,14,15). The summed E-state index contributed by atoms with van der Waals surface area (Å²) in [7, 11) is 0. The number of aromatic nitrogens is 1. The maximum atomic E-state index is 12.2. The fraction of sp³-hybridized carbons (Fsp3) is 0.636. The molecule has 1 aromatic heterocycles. The number of nitrogens with two attached hydrogens (primary N) is 1. The van der Waals surface area contributed by atoms with Crippen LogP contribution in [0.15, 0.2) is 5.38 Å². The highest BCUT2D eigenvalue weighted by Gasteiger charge is 2.39. The Hall–Kier alpha value is -0.980. The van der Waals surface area contributed by atoms with Gasteiger partial charge < -0.3 is 15.8 Å². The summed E-state index contributed by atoms with van der Waals surface area (Å²) in [5.41, 5.74) is 6.19. The second-order valence-electron chi connectivity index (χ2n) is 4.34. The molecule has 0 bridgehead atoms. The van der Waals surface area contributed by atoms with E-state index in [-0.39, 0.29) is 5.91 Å². The van der Waals surface area contributed by atoms with Crippen LogP contribution in [-0.4, -0.2) is 30.6 Å². The normalized spacial score (nSPS) is 18.9. The van der Waals surface area contributed by atoms with Gasteiger partial charge in [-0.15, -0.1) is 11.3 Å². The summed E-state index contributed by atoms with van der Waals surface area (Å²) in [6, 6.07) is 0. The molecule has 1 aliphatic rings. The van der Waals surface area contributed by atoms with E-state index in [1.165, 1.54) is 11.3 Å². The Morgan fingerprint density at radius 3 is 2.88 bits per heavy atom. The molecule has 0 spiro atoms. The van der Waals surface area contributed by atoms with Gasteiger partial charge in [0.1, 0.15) is 0 Å². The van der Waals surface area contributed by atoms with E-state index >= 15 is 0 Å². The molecule has 1 aliphatic heterocycles. The smallest absolute Gasteiger partial charge is 0.233 e. The molecule has 0 radical (unpaired) electrons. The predicted molar refractivity (Wildman–Crippen MR) is 67.0 cm³/mol. The third-order valence-electron chi connectivity index (χ3n) is 3.16. The molecule has 2 rings (SSSR count). The molecule has 6 heteroatoms. The van der Waals surface area contributed by atoms with Crippen LogP contribution < -0.4 is 11.1 Å². The number of ether oxygens (including phenoxy) is 1. The van der Waals surface area contributed by atoms with Crippen molar-refractivity contribution in [3.8, 4) is 0 Å². The van der Waals surface area contributed by atoms with Gasteiger partial charge in [0.05, 0.1) is 11.1 Å². The zero-order chi connectivity index (χ0) is 12.3. The van der Waals surface area contributed by atoms with Crippen molar-refractivity contribution in [3.05, 3.63) is 11.1 Å². The number of carbonyl (C=O) groups excluding carboxylic acids is 1. The minimum Gasteiger partial charge on any atom is -0.381 e. The van der Waals surface area contributed by atoms with Gasteiger partial charge >= 0.3 is 0 Å². The molecule has 2 heterocycles. The molecule has 1 amide bonds. The largest absolute Gasteiger partial charge is 0.381 e. The number of hydrogen-bond acceptors (Lipinski definition) is 5. The van der Waals surface area contributed by atoms with Gasteiger partial charge in [-0.05, 0) is 19.8 Å². The Labute approximate surface area is 104 Å². The zero-order valence-electron chi connectivity index (χ0n) is 9.86. The van der Waals surface area contributed by atoms with Crippen LogP contribution in [-0.2, 0) is 9.53 Å². The van der Waals surface area contributed by atoms with Crippen LogP contribution in [0.5, 0.6) is 0 Å². The van der Waals surface area contributed by atoms with Gasteiger partial charge in [-0.1, -0.05) is 0 Å². The van der Waals surface area contributed by atoms with Gasteiger partial charge in [0.25, 0.3) is 0 Å². The van der Waals surface area contributed by atoms with Crippen LogP contribution in [0.3, 0.4) is 0 Å². The first-order chi connectivity index (χ1) is 8.16. The Balaban J connectivity index is 2.07. The maximum absolute atomic E-state index is 12.2. The lowest BCUT2D eigenvalue weighted by molar-refractivity contribution is -0.130. The molecule has 1 fully saturated rings. The van der Waals surface area contributed by atoms with Crippen molar-refractivity contribution in [2.45, 2.75) is 19.8 Å². The van der Waals surface area contributed by atoms with Crippen LogP contribution in [0, 0.1) is 12.3 Å². The average Bonchev–Trinajstić information content (AvgIpc) is 2.75. The van der Waals surface area contributed by atoms with E-state index in [0.29, 0.717) is 37.7 Å². The molecular weight excluding hydrogens is 238 g/mol. The quantitative estimate of drug-likeness (QED) is 0.849. The van der Waals surface area contributed by atoms with Crippen molar-refractivity contribution < 1.29 is 9.53 Å². The molecule has 0 aromatic carbocycles. The van der Waals surface area contributed by atoms with Gasteiger partial charge in [0, 0.05) is 25.1 Å². The van der Waals surface area contributed by atoms with E-state index in [4.69, 9.17) is 10.5 Å². The van der Waals surface area contributed by atoms with E-state index in [9.17, 15) is 4.79 Å². The van der Waals surface area contributed by atoms with Crippen LogP contribution >= 0.6 is 11.3 Å². The van der Waals surface area contributed by atoms with Gasteiger partial charge in [-0.3, -0.25) is 4.79 Å². The topological polar surface area (TPSA) is 77.2 Å². The number of carbonyl (C=O) groups is 1. The number of anilines is 1. The van der Waals surface area contributed by atoms with Crippen LogP contribution in [0.1, 0.15) is 18.5 Å². The number of rotatable bonds is 3. The van der Waals surface area contributed by atoms with Crippen molar-refractivity contribution in [2.24, 2.45) is 11.1 Å². The van der Waals surface area contributed by atoms with Crippen molar-refractivity contribution in [1.82, 2.24) is 4.98 Å². The molecular formula is C11H17N3O2S. The summed E-state index contributed by atoms with van der Waals surface area (Å²) >= 11 is 1.44. The monoisotopic (exact) mass is 255 g/mol. The van der Waals surface area contributed by atoms with Crippen molar-refractivity contribution in [2.75, 3.05) is 25.1 Å². The number of amides is 1. The molecule has 3 N–H and O–H groups in total. The molecule has 0 aliphatic carbocycles. The minimum absolute atomic E-state index is 0.0300. The molecule has 0 atom stereocenters. The van der Waals surface area contributed by atoms with Gasteiger partial charge in [-0.2, -0.15) is 0 Å². The Bertz CT molecular complexity index is 399. The maximum Gasteiger partial charge on any atom is 0.233 e. The summed E-state index contributed by atoms with van der Waals surface area (Å²) in [4.78, 5) is 16.5. The lowest BCUT2D eigenvalue weighted by atomic mass is 9.79. The SMILES string of the molecule is Cc1csc(NC(=O)C2(CN)CCOCC2)n1. The van der Waals surface area contributed by atoms with Crippen LogP contribution in [0.25, 0.3) is 0 Å². The van der Waals surface area contributed by atoms with Crippen LogP contribution in [0.4, 0.5) is 5.13 Å². The minimum atomic E-state index is -0.488. The second kappa shape index (κ2) is 5.12.